The Morgan fingerprint density at radius 2 is 1.76 bits per heavy atom. The lowest BCUT2D eigenvalue weighted by molar-refractivity contribution is 0.0464. The average molecular weight is 290 g/mol. The maximum atomic E-state index is 12.7. The maximum Gasteiger partial charge on any atom is 0.274 e. The van der Waals surface area contributed by atoms with Gasteiger partial charge in [0.2, 0.25) is 0 Å². The van der Waals surface area contributed by atoms with E-state index in [2.05, 4.69) is 5.10 Å². The molecular formula is C16H26N4O. The van der Waals surface area contributed by atoms with Crippen LogP contribution >= 0.6 is 0 Å². The number of piperidine rings is 1. The van der Waals surface area contributed by atoms with E-state index in [4.69, 9.17) is 5.73 Å². The molecule has 116 valence electrons. The van der Waals surface area contributed by atoms with Gasteiger partial charge in [-0.05, 0) is 38.0 Å². The Morgan fingerprint density at radius 1 is 1.14 bits per heavy atom. The van der Waals surface area contributed by atoms with Gasteiger partial charge in [0.25, 0.3) is 5.91 Å². The molecule has 2 N–H and O–H groups in total. The molecule has 0 bridgehead atoms. The Kier molecular flexibility index (Phi) is 3.68. The van der Waals surface area contributed by atoms with Gasteiger partial charge in [-0.2, -0.15) is 5.10 Å². The van der Waals surface area contributed by atoms with Crippen LogP contribution in [-0.4, -0.2) is 33.7 Å². The van der Waals surface area contributed by atoms with Crippen molar-refractivity contribution in [2.24, 2.45) is 12.5 Å². The van der Waals surface area contributed by atoms with Crippen molar-refractivity contribution in [1.29, 1.82) is 0 Å². The Labute approximate surface area is 126 Å². The number of amides is 1. The lowest BCUT2D eigenvalue weighted by Gasteiger charge is -2.44. The van der Waals surface area contributed by atoms with E-state index < -0.39 is 0 Å². The second-order valence-electron chi connectivity index (χ2n) is 6.82. The zero-order chi connectivity index (χ0) is 15.0. The minimum Gasteiger partial charge on any atom is -0.395 e. The zero-order valence-electron chi connectivity index (χ0n) is 13.2. The number of likely N-dealkylation sites (tertiary alicyclic amines) is 1. The molecule has 1 saturated carbocycles. The number of nitrogen functional groups attached to an aromatic ring is 1. The van der Waals surface area contributed by atoms with Gasteiger partial charge in [0.1, 0.15) is 5.69 Å². The fourth-order valence-electron chi connectivity index (χ4n) is 4.06. The highest BCUT2D eigenvalue weighted by Gasteiger charge is 2.37. The molecule has 2 heterocycles. The van der Waals surface area contributed by atoms with Crippen LogP contribution < -0.4 is 5.73 Å². The van der Waals surface area contributed by atoms with Crippen LogP contribution in [0.15, 0.2) is 0 Å². The molecule has 2 aliphatic rings. The number of rotatable bonds is 1. The number of aromatic nitrogens is 2. The molecule has 5 nitrogen and oxygen atoms in total. The Balaban J connectivity index is 1.70. The largest absolute Gasteiger partial charge is 0.395 e. The second-order valence-corrected chi connectivity index (χ2v) is 6.82. The molecule has 1 aliphatic carbocycles. The molecule has 3 rings (SSSR count). The number of hydrogen-bond acceptors (Lipinski definition) is 3. The molecule has 1 aliphatic heterocycles. The summed E-state index contributed by atoms with van der Waals surface area (Å²) in [6.45, 7) is 3.57. The average Bonchev–Trinajstić information content (AvgIpc) is 2.73. The third kappa shape index (κ3) is 2.54. The van der Waals surface area contributed by atoms with Crippen molar-refractivity contribution in [3.05, 3.63) is 11.4 Å². The van der Waals surface area contributed by atoms with E-state index in [1.54, 1.807) is 11.7 Å². The lowest BCUT2D eigenvalue weighted by Crippen LogP contribution is -2.44. The zero-order valence-corrected chi connectivity index (χ0v) is 13.2. The van der Waals surface area contributed by atoms with Gasteiger partial charge >= 0.3 is 0 Å². The van der Waals surface area contributed by atoms with Crippen molar-refractivity contribution < 1.29 is 4.79 Å². The van der Waals surface area contributed by atoms with Gasteiger partial charge in [-0.3, -0.25) is 9.48 Å². The summed E-state index contributed by atoms with van der Waals surface area (Å²) in [5, 5.41) is 4.25. The molecule has 2 fully saturated rings. The number of anilines is 1. The Hall–Kier alpha value is -1.52. The summed E-state index contributed by atoms with van der Waals surface area (Å²) in [6.07, 6.45) is 9.10. The summed E-state index contributed by atoms with van der Waals surface area (Å²) >= 11 is 0. The number of hydrogen-bond donors (Lipinski definition) is 1. The minimum absolute atomic E-state index is 0.0428. The molecule has 1 aromatic rings. The van der Waals surface area contributed by atoms with E-state index in [1.165, 1.54) is 32.1 Å². The Morgan fingerprint density at radius 3 is 2.29 bits per heavy atom. The van der Waals surface area contributed by atoms with Gasteiger partial charge in [-0.15, -0.1) is 0 Å². The SMILES string of the molecule is Cc1nn(C)c(C(=O)N2CCC3(CCCCC3)CC2)c1N. The molecule has 0 atom stereocenters. The molecule has 1 spiro atoms. The molecule has 1 amide bonds. The molecule has 1 saturated heterocycles. The predicted octanol–water partition coefficient (Wildman–Crippen LogP) is 2.50. The summed E-state index contributed by atoms with van der Waals surface area (Å²) in [5.41, 5.74) is 8.35. The number of aryl methyl sites for hydroxylation is 2. The summed E-state index contributed by atoms with van der Waals surface area (Å²) in [4.78, 5) is 14.7. The van der Waals surface area contributed by atoms with Crippen molar-refractivity contribution >= 4 is 11.6 Å². The van der Waals surface area contributed by atoms with E-state index in [1.807, 2.05) is 11.8 Å². The smallest absolute Gasteiger partial charge is 0.274 e. The van der Waals surface area contributed by atoms with Crippen molar-refractivity contribution in [3.63, 3.8) is 0 Å². The fourth-order valence-corrected chi connectivity index (χ4v) is 4.06. The van der Waals surface area contributed by atoms with Crippen LogP contribution in [0.1, 0.15) is 61.1 Å². The van der Waals surface area contributed by atoms with Crippen LogP contribution in [0.2, 0.25) is 0 Å². The molecule has 0 aromatic carbocycles. The van der Waals surface area contributed by atoms with Crippen molar-refractivity contribution in [2.45, 2.75) is 51.9 Å². The van der Waals surface area contributed by atoms with Crippen LogP contribution in [-0.2, 0) is 7.05 Å². The number of carbonyl (C=O) groups is 1. The topological polar surface area (TPSA) is 64.2 Å². The first-order valence-electron chi connectivity index (χ1n) is 8.11. The van der Waals surface area contributed by atoms with Gasteiger partial charge in [-0.1, -0.05) is 19.3 Å². The predicted molar refractivity (Wildman–Crippen MR) is 83.0 cm³/mol. The second kappa shape index (κ2) is 5.35. The van der Waals surface area contributed by atoms with Gasteiger partial charge in [0, 0.05) is 20.1 Å². The third-order valence-electron chi connectivity index (χ3n) is 5.50. The molecule has 21 heavy (non-hydrogen) atoms. The van der Waals surface area contributed by atoms with E-state index in [0.29, 0.717) is 16.8 Å². The van der Waals surface area contributed by atoms with Crippen molar-refractivity contribution in [1.82, 2.24) is 14.7 Å². The standard InChI is InChI=1S/C16H26N4O/c1-12-13(17)14(19(2)18-12)15(21)20-10-8-16(9-11-20)6-4-3-5-7-16/h3-11,17H2,1-2H3. The first kappa shape index (κ1) is 14.4. The lowest BCUT2D eigenvalue weighted by atomic mass is 9.68. The van der Waals surface area contributed by atoms with Gasteiger partial charge in [-0.25, -0.2) is 0 Å². The first-order valence-corrected chi connectivity index (χ1v) is 8.11. The molecule has 1 aromatic heterocycles. The molecular weight excluding hydrogens is 264 g/mol. The molecule has 0 unspecified atom stereocenters. The van der Waals surface area contributed by atoms with Gasteiger partial charge < -0.3 is 10.6 Å². The molecule has 5 heteroatoms. The highest BCUT2D eigenvalue weighted by atomic mass is 16.2. The minimum atomic E-state index is 0.0428. The summed E-state index contributed by atoms with van der Waals surface area (Å²) in [6, 6.07) is 0. The number of nitrogens with zero attached hydrogens (tertiary/aromatic N) is 3. The monoisotopic (exact) mass is 290 g/mol. The van der Waals surface area contributed by atoms with Crippen molar-refractivity contribution in [2.75, 3.05) is 18.8 Å². The summed E-state index contributed by atoms with van der Waals surface area (Å²) in [5.74, 6) is 0.0428. The van der Waals surface area contributed by atoms with Gasteiger partial charge in [0.15, 0.2) is 0 Å². The van der Waals surface area contributed by atoms with E-state index in [-0.39, 0.29) is 5.91 Å². The first-order chi connectivity index (χ1) is 10.0. The van der Waals surface area contributed by atoms with E-state index in [0.717, 1.165) is 31.6 Å². The normalized spacial score (nSPS) is 21.7. The number of nitrogens with two attached hydrogens (primary N) is 1. The quantitative estimate of drug-likeness (QED) is 0.864. The van der Waals surface area contributed by atoms with Gasteiger partial charge in [0.05, 0.1) is 11.4 Å². The highest BCUT2D eigenvalue weighted by Crippen LogP contribution is 2.44. The van der Waals surface area contributed by atoms with Crippen LogP contribution in [0.4, 0.5) is 5.69 Å². The summed E-state index contributed by atoms with van der Waals surface area (Å²) < 4.78 is 1.62. The van der Waals surface area contributed by atoms with Crippen molar-refractivity contribution in [3.8, 4) is 0 Å². The van der Waals surface area contributed by atoms with Crippen LogP contribution in [0.25, 0.3) is 0 Å². The number of carbonyl (C=O) groups excluding carboxylic acids is 1. The molecule has 0 radical (unpaired) electrons. The van der Waals surface area contributed by atoms with Crippen LogP contribution in [0, 0.1) is 12.3 Å². The van der Waals surface area contributed by atoms with Crippen LogP contribution in [0.5, 0.6) is 0 Å². The van der Waals surface area contributed by atoms with E-state index in [9.17, 15) is 4.79 Å². The van der Waals surface area contributed by atoms with Crippen LogP contribution in [0.3, 0.4) is 0 Å². The maximum absolute atomic E-state index is 12.7. The van der Waals surface area contributed by atoms with E-state index >= 15 is 0 Å². The summed E-state index contributed by atoms with van der Waals surface area (Å²) in [7, 11) is 1.79. The Bertz CT molecular complexity index is 533. The fraction of sp³-hybridized carbons (Fsp3) is 0.750. The highest BCUT2D eigenvalue weighted by molar-refractivity contribution is 5.98. The third-order valence-corrected chi connectivity index (χ3v) is 5.50.